The van der Waals surface area contributed by atoms with E-state index < -0.39 is 30.2 Å². The normalized spacial score (nSPS) is 9.80. The van der Waals surface area contributed by atoms with Gasteiger partial charge in [-0.25, -0.2) is 4.79 Å². The third-order valence-corrected chi connectivity index (χ3v) is 3.69. The molecule has 0 radical (unpaired) electrons. The molecule has 2 rings (SSSR count). The molecule has 0 aliphatic carbocycles. The first-order chi connectivity index (χ1) is 14.3. The fourth-order valence-corrected chi connectivity index (χ4v) is 2.34. The molecule has 0 saturated heterocycles. The largest absolute Gasteiger partial charge is 0.465 e. The standard InChI is InChI=1S/C20H20N4O6/c1-12(25)22-13-7-9-14(10-8-13)23-19(28)18(27)21-11-17(26)24-16-6-4-3-5-15(16)20(29)30-2/h3-10H,11H2,1-2H3,(H,21,27)(H,22,25)(H,23,28)(H,24,26). The Morgan fingerprint density at radius 1 is 0.800 bits per heavy atom. The van der Waals surface area contributed by atoms with Crippen molar-refractivity contribution in [2.45, 2.75) is 6.92 Å². The van der Waals surface area contributed by atoms with Gasteiger partial charge in [0.2, 0.25) is 11.8 Å². The van der Waals surface area contributed by atoms with Crippen molar-refractivity contribution in [3.8, 4) is 0 Å². The van der Waals surface area contributed by atoms with Crippen molar-refractivity contribution in [1.29, 1.82) is 0 Å². The highest BCUT2D eigenvalue weighted by molar-refractivity contribution is 6.40. The van der Waals surface area contributed by atoms with Gasteiger partial charge in [0.1, 0.15) is 0 Å². The van der Waals surface area contributed by atoms with E-state index in [9.17, 15) is 24.0 Å². The molecular formula is C20H20N4O6. The summed E-state index contributed by atoms with van der Waals surface area (Å²) in [4.78, 5) is 58.6. The van der Waals surface area contributed by atoms with Crippen LogP contribution in [-0.2, 0) is 23.9 Å². The van der Waals surface area contributed by atoms with Crippen molar-refractivity contribution in [2.24, 2.45) is 0 Å². The first kappa shape index (κ1) is 22.1. The number of methoxy groups -OCH3 is 1. The second kappa shape index (κ2) is 10.4. The second-order valence-electron chi connectivity index (χ2n) is 5.98. The number of hydrogen-bond acceptors (Lipinski definition) is 6. The zero-order chi connectivity index (χ0) is 22.1. The molecule has 4 N–H and O–H groups in total. The average molecular weight is 412 g/mol. The smallest absolute Gasteiger partial charge is 0.339 e. The molecule has 2 aromatic rings. The van der Waals surface area contributed by atoms with Crippen LogP contribution in [0, 0.1) is 0 Å². The number of benzene rings is 2. The quantitative estimate of drug-likeness (QED) is 0.414. The Morgan fingerprint density at radius 2 is 1.40 bits per heavy atom. The molecule has 0 heterocycles. The van der Waals surface area contributed by atoms with Gasteiger partial charge in [-0.15, -0.1) is 0 Å². The first-order valence-corrected chi connectivity index (χ1v) is 8.74. The summed E-state index contributed by atoms with van der Waals surface area (Å²) in [7, 11) is 1.22. The topological polar surface area (TPSA) is 143 Å². The maximum atomic E-state index is 12.0. The lowest BCUT2D eigenvalue weighted by Gasteiger charge is -2.10. The van der Waals surface area contributed by atoms with E-state index in [0.717, 1.165) is 0 Å². The SMILES string of the molecule is COC(=O)c1ccccc1NC(=O)CNC(=O)C(=O)Nc1ccc(NC(C)=O)cc1. The van der Waals surface area contributed by atoms with Crippen LogP contribution in [0.4, 0.5) is 17.1 Å². The van der Waals surface area contributed by atoms with Crippen LogP contribution in [0.3, 0.4) is 0 Å². The molecule has 0 atom stereocenters. The number of ether oxygens (including phenoxy) is 1. The van der Waals surface area contributed by atoms with Crippen molar-refractivity contribution < 1.29 is 28.7 Å². The van der Waals surface area contributed by atoms with Crippen LogP contribution in [0.15, 0.2) is 48.5 Å². The lowest BCUT2D eigenvalue weighted by atomic mass is 10.2. The molecule has 0 spiro atoms. The molecule has 10 nitrogen and oxygen atoms in total. The predicted octanol–water partition coefficient (Wildman–Crippen LogP) is 1.12. The number of rotatable bonds is 6. The summed E-state index contributed by atoms with van der Waals surface area (Å²) in [5.74, 6) is -3.48. The van der Waals surface area contributed by atoms with Crippen LogP contribution in [0.5, 0.6) is 0 Å². The van der Waals surface area contributed by atoms with Crippen LogP contribution in [-0.4, -0.2) is 43.3 Å². The molecule has 0 aliphatic heterocycles. The third kappa shape index (κ3) is 6.44. The van der Waals surface area contributed by atoms with Crippen molar-refractivity contribution >= 4 is 46.7 Å². The summed E-state index contributed by atoms with van der Waals surface area (Å²) < 4.78 is 4.64. The van der Waals surface area contributed by atoms with E-state index in [1.54, 1.807) is 24.3 Å². The van der Waals surface area contributed by atoms with Crippen LogP contribution < -0.4 is 21.3 Å². The van der Waals surface area contributed by atoms with Gasteiger partial charge in [0, 0.05) is 18.3 Å². The second-order valence-corrected chi connectivity index (χ2v) is 5.98. The molecule has 0 unspecified atom stereocenters. The van der Waals surface area contributed by atoms with Gasteiger partial charge >= 0.3 is 17.8 Å². The van der Waals surface area contributed by atoms with Gasteiger partial charge in [-0.05, 0) is 36.4 Å². The van der Waals surface area contributed by atoms with Gasteiger partial charge in [-0.2, -0.15) is 0 Å². The minimum absolute atomic E-state index is 0.153. The molecule has 0 saturated carbocycles. The first-order valence-electron chi connectivity index (χ1n) is 8.74. The van der Waals surface area contributed by atoms with Crippen molar-refractivity contribution in [2.75, 3.05) is 29.6 Å². The Kier molecular flexibility index (Phi) is 7.63. The lowest BCUT2D eigenvalue weighted by molar-refractivity contribution is -0.136. The monoisotopic (exact) mass is 412 g/mol. The van der Waals surface area contributed by atoms with E-state index in [4.69, 9.17) is 0 Å². The van der Waals surface area contributed by atoms with E-state index in [1.165, 1.54) is 38.3 Å². The number of anilines is 3. The minimum atomic E-state index is -1.02. The maximum absolute atomic E-state index is 12.0. The van der Waals surface area contributed by atoms with E-state index in [2.05, 4.69) is 26.0 Å². The van der Waals surface area contributed by atoms with Gasteiger partial charge in [-0.3, -0.25) is 19.2 Å². The molecule has 0 fully saturated rings. The lowest BCUT2D eigenvalue weighted by Crippen LogP contribution is -2.39. The Balaban J connectivity index is 1.86. The number of esters is 1. The Morgan fingerprint density at radius 3 is 2.00 bits per heavy atom. The molecule has 0 aliphatic rings. The molecule has 10 heteroatoms. The Hall–Kier alpha value is -4.21. The Labute approximate surface area is 172 Å². The highest BCUT2D eigenvalue weighted by atomic mass is 16.5. The fourth-order valence-electron chi connectivity index (χ4n) is 2.34. The fraction of sp³-hybridized carbons (Fsp3) is 0.150. The van der Waals surface area contributed by atoms with Gasteiger partial charge in [0.05, 0.1) is 24.9 Å². The van der Waals surface area contributed by atoms with Gasteiger partial charge in [-0.1, -0.05) is 12.1 Å². The number of carbonyl (C=O) groups excluding carboxylic acids is 5. The van der Waals surface area contributed by atoms with E-state index in [1.807, 2.05) is 0 Å². The van der Waals surface area contributed by atoms with Crippen molar-refractivity contribution in [1.82, 2.24) is 5.32 Å². The predicted molar refractivity (Wildman–Crippen MR) is 109 cm³/mol. The maximum Gasteiger partial charge on any atom is 0.339 e. The van der Waals surface area contributed by atoms with Crippen molar-refractivity contribution in [3.63, 3.8) is 0 Å². The minimum Gasteiger partial charge on any atom is -0.465 e. The molecule has 0 aromatic heterocycles. The van der Waals surface area contributed by atoms with Crippen LogP contribution in [0.2, 0.25) is 0 Å². The summed E-state index contributed by atoms with van der Waals surface area (Å²) in [6, 6.07) is 12.3. The van der Waals surface area contributed by atoms with Crippen LogP contribution in [0.1, 0.15) is 17.3 Å². The van der Waals surface area contributed by atoms with E-state index in [-0.39, 0.29) is 17.2 Å². The van der Waals surface area contributed by atoms with Crippen LogP contribution in [0.25, 0.3) is 0 Å². The number of amides is 4. The molecule has 4 amide bonds. The number of hydrogen-bond donors (Lipinski definition) is 4. The average Bonchev–Trinajstić information content (AvgIpc) is 2.72. The zero-order valence-corrected chi connectivity index (χ0v) is 16.3. The highest BCUT2D eigenvalue weighted by Gasteiger charge is 2.17. The highest BCUT2D eigenvalue weighted by Crippen LogP contribution is 2.16. The van der Waals surface area contributed by atoms with Gasteiger partial charge in [0.15, 0.2) is 0 Å². The molecule has 156 valence electrons. The van der Waals surface area contributed by atoms with Gasteiger partial charge < -0.3 is 26.0 Å². The number of carbonyl (C=O) groups is 5. The van der Waals surface area contributed by atoms with Crippen molar-refractivity contribution in [3.05, 3.63) is 54.1 Å². The van der Waals surface area contributed by atoms with E-state index in [0.29, 0.717) is 11.4 Å². The summed E-state index contributed by atoms with van der Waals surface area (Å²) >= 11 is 0. The molecule has 30 heavy (non-hydrogen) atoms. The summed E-state index contributed by atoms with van der Waals surface area (Å²) in [6.07, 6.45) is 0. The molecule has 2 aromatic carbocycles. The number of para-hydroxylation sites is 1. The summed E-state index contributed by atoms with van der Waals surface area (Å²) in [5, 5.41) is 9.60. The number of nitrogens with one attached hydrogen (secondary N) is 4. The summed E-state index contributed by atoms with van der Waals surface area (Å²) in [5.41, 5.74) is 1.24. The summed E-state index contributed by atoms with van der Waals surface area (Å²) in [6.45, 7) is 0.882. The van der Waals surface area contributed by atoms with Crippen LogP contribution >= 0.6 is 0 Å². The molecule has 0 bridgehead atoms. The van der Waals surface area contributed by atoms with Gasteiger partial charge in [0.25, 0.3) is 0 Å². The Bertz CT molecular complexity index is 972. The third-order valence-electron chi connectivity index (χ3n) is 3.69. The zero-order valence-electron chi connectivity index (χ0n) is 16.3. The van der Waals surface area contributed by atoms with E-state index >= 15 is 0 Å². The molecular weight excluding hydrogens is 392 g/mol.